The third-order valence-corrected chi connectivity index (χ3v) is 26.4. The molecule has 8 heteroatoms. The SMILES string of the molecule is [2H]c1c([2H])c([2H])c(-c2cc(F)c(N(c3ccc(C)cc3C)c3ccc4ccc5c(N(c6ccc(C)cc6C)c6c(F)cc(-c7c([2H])c([2H])c([2H])c([2H])c7[2H])cc6-c6c([2H])c([2H])c([2H])c([2H])c6[2H])ccc6ccc3c4c65)c(-c3c([2H])c([2H])c([2H])c([2H])c3[2H])c2)c([2H])c1[2H].[2H]c1c([2H])c([2H])c(-c2cc(F)c(N(c3cccc(C)c3C)c3ccc4ccc5c(N(c6cccc(C)c6C)c6c(F)cc(-c7c([2H])c([2H])c([2H])c([2H])c7[2H])cc6-c6c([2H])c([2H])c([2H])c([2H])c6[2H])ccc6ccc3c4c65)c(-c3c([2H])c([2H])c([2H])c([2H])c3[2H])c2)c([2H])c1[2H]. The maximum Gasteiger partial charge on any atom is 0.148 e. The minimum absolute atomic E-state index is 0.253. The zero-order chi connectivity index (χ0) is 133. The summed E-state index contributed by atoms with van der Waals surface area (Å²) in [5.41, 5.74) is 1.16. The van der Waals surface area contributed by atoms with Crippen LogP contribution in [0.25, 0.3) is 154 Å². The van der Waals surface area contributed by atoms with Crippen LogP contribution >= 0.6 is 0 Å². The van der Waals surface area contributed by atoms with Gasteiger partial charge in [0.05, 0.1) is 100 Å². The fraction of sp³-hybridized carbons (Fsp3) is 0.0588. The van der Waals surface area contributed by atoms with E-state index in [9.17, 15) is 11.0 Å². The van der Waals surface area contributed by atoms with Crippen LogP contribution in [0.2, 0.25) is 0 Å². The molecule has 0 radical (unpaired) electrons. The summed E-state index contributed by atoms with van der Waals surface area (Å²) in [5, 5.41) is 6.72. The number of aryl methyl sites for hydroxylation is 6. The van der Waals surface area contributed by atoms with Gasteiger partial charge in [0.2, 0.25) is 0 Å². The van der Waals surface area contributed by atoms with Crippen molar-refractivity contribution < 1.29 is 72.4 Å². The monoisotopic (exact) mass is 1910 g/mol. The van der Waals surface area contributed by atoms with Crippen LogP contribution in [0.4, 0.5) is 85.8 Å². The molecular weight excluding hydrogens is 1770 g/mol. The smallest absolute Gasteiger partial charge is 0.148 e. The average molecular weight is 1910 g/mol. The summed E-state index contributed by atoms with van der Waals surface area (Å²) in [4.78, 5) is 6.24. The standard InChI is InChI=1S/2C68H50F2N2/c1-43-19-17-29-61(45(43)3)71(67-57(49-25-13-7-14-26-49)39-53(41-59(67)69)47-21-9-5-10-22-47)63-37-33-51-32-36-56-64(38-34-52-31-35-55(63)65(51)66(52)56)72(62-30-18-20-44(2)46(62)4)68-58(50-27-15-8-16-28-50)40-54(42-60(68)70)48-23-11-6-12-24-48;1-43-25-33-61(45(3)37-43)71(67-57(49-21-13-7-14-22-49)39-53(41-59(67)69)47-17-9-5-10-18-47)63-35-29-51-28-32-56-64(36-30-52-27-31-55(63)65(51)66(52)56)72(62-34-26-44(2)38-46(62)4)68-58(50-23-15-8-16-24-50)40-54(42-60(68)70)48-19-11-6-12-20-48/h2*5-42H,1-4H3/i5D,6D,7D,8D,9D,10D,11D,12D,13D,14D,15D,16D,21D,22D,23D,24D,25D,26D,27D,28D;5D,6D,7D,8D,9D,10D,11D,12D,13D,14D,15D,16D,17D,18D,19D,20D,21D,22D,23D,24D. The van der Waals surface area contributed by atoms with Gasteiger partial charge in [0.25, 0.3) is 0 Å². The predicted octanol–water partition coefficient (Wildman–Crippen LogP) is 39.4. The Labute approximate surface area is 893 Å². The number of hydrogen-bond donors (Lipinski definition) is 0. The molecule has 0 spiro atoms. The van der Waals surface area contributed by atoms with E-state index < -0.39 is 309 Å². The van der Waals surface area contributed by atoms with E-state index in [4.69, 9.17) is 43.9 Å². The number of benzene rings is 24. The van der Waals surface area contributed by atoms with Gasteiger partial charge in [0.1, 0.15) is 23.3 Å². The highest BCUT2D eigenvalue weighted by atomic mass is 19.1. The number of hydrogen-bond acceptors (Lipinski definition) is 4. The van der Waals surface area contributed by atoms with Crippen LogP contribution < -0.4 is 19.6 Å². The molecule has 0 N–H and O–H groups in total. The lowest BCUT2D eigenvalue weighted by atomic mass is 9.90. The van der Waals surface area contributed by atoms with Crippen LogP contribution in [0.15, 0.2) is 460 Å². The van der Waals surface area contributed by atoms with Gasteiger partial charge in [-0.25, -0.2) is 17.6 Å². The molecule has 144 heavy (non-hydrogen) atoms. The summed E-state index contributed by atoms with van der Waals surface area (Å²) in [5.74, 6) is -4.32. The van der Waals surface area contributed by atoms with Crippen molar-refractivity contribution >= 4 is 133 Å². The second-order valence-electron chi connectivity index (χ2n) is 35.0. The first-order chi connectivity index (χ1) is 87.0. The van der Waals surface area contributed by atoms with Crippen LogP contribution in [0, 0.1) is 78.7 Å². The van der Waals surface area contributed by atoms with Crippen molar-refractivity contribution in [3.05, 3.63) is 528 Å². The van der Waals surface area contributed by atoms with Gasteiger partial charge in [-0.15, -0.1) is 0 Å². The predicted molar refractivity (Wildman–Crippen MR) is 600 cm³/mol. The molecule has 24 aromatic rings. The maximum atomic E-state index is 18.6. The van der Waals surface area contributed by atoms with E-state index in [2.05, 4.69) is 0 Å². The van der Waals surface area contributed by atoms with Crippen LogP contribution in [0.5, 0.6) is 0 Å². The highest BCUT2D eigenvalue weighted by Gasteiger charge is 2.34. The second-order valence-corrected chi connectivity index (χ2v) is 35.0. The zero-order valence-corrected chi connectivity index (χ0v) is 78.1. The van der Waals surface area contributed by atoms with Crippen LogP contribution in [0.1, 0.15) is 99.3 Å². The molecule has 0 saturated carbocycles. The Morgan fingerprint density at radius 3 is 0.618 bits per heavy atom. The van der Waals surface area contributed by atoms with E-state index in [1.165, 1.54) is 24.3 Å². The molecule has 0 atom stereocenters. The van der Waals surface area contributed by atoms with Gasteiger partial charge in [0.15, 0.2) is 0 Å². The molecule has 0 aliphatic heterocycles. The number of halogens is 4. The summed E-state index contributed by atoms with van der Waals surface area (Å²) < 4.78 is 427. The van der Waals surface area contributed by atoms with Crippen molar-refractivity contribution in [2.45, 2.75) is 55.4 Å². The molecule has 0 aliphatic rings. The van der Waals surface area contributed by atoms with Crippen LogP contribution in [-0.4, -0.2) is 0 Å². The first-order valence-electron chi connectivity index (χ1n) is 65.8. The van der Waals surface area contributed by atoms with Gasteiger partial charge in [-0.05, 0) is 296 Å². The molecule has 0 bridgehead atoms. The molecule has 692 valence electrons. The Hall–Kier alpha value is -17.7. The molecule has 0 saturated heterocycles. The van der Waals surface area contributed by atoms with Crippen molar-refractivity contribution in [3.8, 4) is 89.0 Å². The number of rotatable bonds is 20. The zero-order valence-electron chi connectivity index (χ0n) is 118. The molecule has 0 unspecified atom stereocenters. The Morgan fingerprint density at radius 2 is 0.389 bits per heavy atom. The van der Waals surface area contributed by atoms with Crippen LogP contribution in [-0.2, 0) is 0 Å². The van der Waals surface area contributed by atoms with E-state index in [-0.39, 0.29) is 78.6 Å². The third kappa shape index (κ3) is 16.3. The quantitative estimate of drug-likeness (QED) is 0.0557. The van der Waals surface area contributed by atoms with E-state index in [0.717, 1.165) is 46.5 Å². The molecule has 24 aromatic carbocycles. The highest BCUT2D eigenvalue weighted by Crippen LogP contribution is 2.57. The van der Waals surface area contributed by atoms with Gasteiger partial charge in [-0.3, -0.25) is 0 Å². The van der Waals surface area contributed by atoms with Gasteiger partial charge in [0, 0.05) is 66.5 Å². The third-order valence-electron chi connectivity index (χ3n) is 26.4. The summed E-state index contributed by atoms with van der Waals surface area (Å²) in [6.07, 6.45) is 0. The van der Waals surface area contributed by atoms with Crippen LogP contribution in [0.3, 0.4) is 0 Å². The fourth-order valence-corrected chi connectivity index (χ4v) is 19.6. The second kappa shape index (κ2) is 37.8. The largest absolute Gasteiger partial charge is 0.306 e. The maximum absolute atomic E-state index is 18.6. The minimum atomic E-state index is -1.08. The van der Waals surface area contributed by atoms with E-state index in [1.807, 2.05) is 100 Å². The van der Waals surface area contributed by atoms with Crippen molar-refractivity contribution in [3.63, 3.8) is 0 Å². The van der Waals surface area contributed by atoms with Gasteiger partial charge < -0.3 is 19.6 Å². The summed E-state index contributed by atoms with van der Waals surface area (Å²) in [7, 11) is 0. The molecule has 0 amide bonds. The summed E-state index contributed by atoms with van der Waals surface area (Å²) in [6, 6.07) is 30.3. The van der Waals surface area contributed by atoms with Crippen molar-refractivity contribution in [2.75, 3.05) is 19.6 Å². The molecule has 0 fully saturated rings. The van der Waals surface area contributed by atoms with Crippen molar-refractivity contribution in [1.82, 2.24) is 0 Å². The first kappa shape index (κ1) is 55.9. The van der Waals surface area contributed by atoms with E-state index in [1.54, 1.807) is 144 Å². The lowest BCUT2D eigenvalue weighted by Gasteiger charge is -2.33. The highest BCUT2D eigenvalue weighted by molar-refractivity contribution is 6.30. The first-order valence-corrected chi connectivity index (χ1v) is 45.8. The average Bonchev–Trinajstić information content (AvgIpc) is 0.706. The molecule has 24 rings (SSSR count). The summed E-state index contributed by atoms with van der Waals surface area (Å²) in [6.45, 7) is 14.6. The molecule has 0 aromatic heterocycles. The Morgan fingerprint density at radius 1 is 0.181 bits per heavy atom. The van der Waals surface area contributed by atoms with Gasteiger partial charge in [-0.1, -0.05) is 374 Å². The Balaban J connectivity index is 0.000000192. The lowest BCUT2D eigenvalue weighted by Crippen LogP contribution is -2.16. The molecule has 4 nitrogen and oxygen atoms in total. The normalized spacial score (nSPS) is 15.4. The van der Waals surface area contributed by atoms with Gasteiger partial charge in [-0.2, -0.15) is 0 Å². The van der Waals surface area contributed by atoms with Crippen molar-refractivity contribution in [2.24, 2.45) is 0 Å². The van der Waals surface area contributed by atoms with E-state index >= 15 is 17.6 Å². The Kier molecular flexibility index (Phi) is 14.7. The molecular formula is C136H100F4N4. The molecule has 0 heterocycles. The Bertz CT molecular complexity index is 10900. The number of anilines is 12. The van der Waals surface area contributed by atoms with Gasteiger partial charge >= 0.3 is 0 Å². The molecule has 0 aliphatic carbocycles. The summed E-state index contributed by atoms with van der Waals surface area (Å²) >= 11 is 0. The van der Waals surface area contributed by atoms with Crippen molar-refractivity contribution in [1.29, 1.82) is 0 Å². The fourth-order valence-electron chi connectivity index (χ4n) is 19.6. The minimum Gasteiger partial charge on any atom is -0.306 e. The topological polar surface area (TPSA) is 13.0 Å². The van der Waals surface area contributed by atoms with E-state index in [0.29, 0.717) is 121 Å². The number of nitrogens with zero attached hydrogens (tertiary/aromatic N) is 4. The lowest BCUT2D eigenvalue weighted by molar-refractivity contribution is 0.629.